The highest BCUT2D eigenvalue weighted by Crippen LogP contribution is 2.08. The lowest BCUT2D eigenvalue weighted by molar-refractivity contribution is 0.399. The molecule has 0 saturated heterocycles. The Kier molecular flexibility index (Phi) is 12.0. The van der Waals surface area contributed by atoms with Crippen LogP contribution in [0.1, 0.15) is 13.8 Å². The van der Waals surface area contributed by atoms with Gasteiger partial charge in [0.15, 0.2) is 0 Å². The first kappa shape index (κ1) is 13.9. The van der Waals surface area contributed by atoms with Crippen LogP contribution >= 0.6 is 12.6 Å². The van der Waals surface area contributed by atoms with E-state index in [4.69, 9.17) is 10.8 Å². The van der Waals surface area contributed by atoms with Crippen molar-refractivity contribution < 1.29 is 5.11 Å². The van der Waals surface area contributed by atoms with Crippen LogP contribution in [0.15, 0.2) is 29.2 Å². The minimum absolute atomic E-state index is 0.762. The second-order valence-corrected chi connectivity index (χ2v) is 2.11. The second-order valence-electron chi connectivity index (χ2n) is 1.59. The van der Waals surface area contributed by atoms with Crippen LogP contribution in [-0.4, -0.2) is 12.2 Å². The van der Waals surface area contributed by atoms with Crippen molar-refractivity contribution >= 4 is 18.3 Å². The Balaban J connectivity index is 0. The number of hydrogen-bond donors (Lipinski definition) is 3. The van der Waals surface area contributed by atoms with Crippen LogP contribution in [-0.2, 0) is 0 Å². The van der Waals surface area contributed by atoms with E-state index in [1.54, 1.807) is 0 Å². The predicted octanol–water partition coefficient (Wildman–Crippen LogP) is 2.19. The van der Waals surface area contributed by atoms with Crippen molar-refractivity contribution in [2.24, 2.45) is 0 Å². The summed E-state index contributed by atoms with van der Waals surface area (Å²) in [6.45, 7) is 4.00. The molecule has 70 valence electrons. The number of benzene rings is 1. The Labute approximate surface area is 79.8 Å². The van der Waals surface area contributed by atoms with E-state index < -0.39 is 0 Å². The largest absolute Gasteiger partial charge is 0.400 e. The van der Waals surface area contributed by atoms with Gasteiger partial charge in [0.05, 0.1) is 0 Å². The van der Waals surface area contributed by atoms with Gasteiger partial charge in [-0.15, -0.1) is 12.6 Å². The highest BCUT2D eigenvalue weighted by molar-refractivity contribution is 7.80. The molecule has 0 aliphatic carbocycles. The van der Waals surface area contributed by atoms with Crippen molar-refractivity contribution in [2.45, 2.75) is 18.7 Å². The first-order valence-electron chi connectivity index (χ1n) is 3.78. The molecule has 1 rings (SSSR count). The second kappa shape index (κ2) is 10.3. The molecule has 0 aromatic heterocycles. The van der Waals surface area contributed by atoms with Gasteiger partial charge in [0, 0.05) is 17.7 Å². The number of nitrogen functional groups attached to an aromatic ring is 1. The molecule has 0 saturated carbocycles. The molecular formula is C9H17NOS. The molecule has 1 aromatic carbocycles. The number of thiol groups is 1. The topological polar surface area (TPSA) is 46.2 Å². The van der Waals surface area contributed by atoms with E-state index in [1.165, 1.54) is 0 Å². The molecule has 0 aliphatic heterocycles. The molecule has 0 atom stereocenters. The average molecular weight is 187 g/mol. The number of nitrogens with two attached hydrogens (primary N) is 1. The highest BCUT2D eigenvalue weighted by Gasteiger charge is 1.82. The zero-order valence-corrected chi connectivity index (χ0v) is 8.68. The smallest absolute Gasteiger partial charge is 0.0325 e. The fraction of sp³-hybridized carbons (Fsp3) is 0.333. The minimum atomic E-state index is 0.762. The fourth-order valence-electron chi connectivity index (χ4n) is 0.525. The van der Waals surface area contributed by atoms with E-state index in [9.17, 15) is 0 Å². The molecular weight excluding hydrogens is 170 g/mol. The Morgan fingerprint density at radius 1 is 1.25 bits per heavy atom. The van der Waals surface area contributed by atoms with Crippen molar-refractivity contribution in [3.63, 3.8) is 0 Å². The summed E-state index contributed by atoms with van der Waals surface area (Å²) in [6, 6.07) is 7.40. The third kappa shape index (κ3) is 7.44. The maximum Gasteiger partial charge on any atom is 0.0325 e. The lowest BCUT2D eigenvalue weighted by Gasteiger charge is -1.90. The van der Waals surface area contributed by atoms with Crippen molar-refractivity contribution in [2.75, 3.05) is 12.8 Å². The van der Waals surface area contributed by atoms with E-state index >= 15 is 0 Å². The Morgan fingerprint density at radius 2 is 1.75 bits per heavy atom. The zero-order chi connectivity index (χ0) is 9.98. The molecule has 0 bridgehead atoms. The summed E-state index contributed by atoms with van der Waals surface area (Å²) in [5.41, 5.74) is 6.17. The SMILES string of the molecule is CC.CO.Nc1cccc(S)c1. The third-order valence-corrected chi connectivity index (χ3v) is 1.15. The Hall–Kier alpha value is -0.670. The van der Waals surface area contributed by atoms with Gasteiger partial charge in [-0.1, -0.05) is 19.9 Å². The summed E-state index contributed by atoms with van der Waals surface area (Å²) < 4.78 is 0. The normalized spacial score (nSPS) is 7.08. The summed E-state index contributed by atoms with van der Waals surface area (Å²) in [5.74, 6) is 0. The molecule has 1 aromatic rings. The molecule has 2 nitrogen and oxygen atoms in total. The summed E-state index contributed by atoms with van der Waals surface area (Å²) in [5, 5.41) is 7.00. The van der Waals surface area contributed by atoms with E-state index in [0.29, 0.717) is 0 Å². The van der Waals surface area contributed by atoms with Crippen molar-refractivity contribution in [1.29, 1.82) is 0 Å². The van der Waals surface area contributed by atoms with Crippen molar-refractivity contribution in [3.05, 3.63) is 24.3 Å². The molecule has 0 unspecified atom stereocenters. The number of aliphatic hydroxyl groups is 1. The van der Waals surface area contributed by atoms with Crippen LogP contribution < -0.4 is 5.73 Å². The van der Waals surface area contributed by atoms with E-state index in [1.807, 2.05) is 38.1 Å². The van der Waals surface area contributed by atoms with E-state index in [0.717, 1.165) is 17.7 Å². The van der Waals surface area contributed by atoms with Gasteiger partial charge >= 0.3 is 0 Å². The monoisotopic (exact) mass is 187 g/mol. The minimum Gasteiger partial charge on any atom is -0.400 e. The van der Waals surface area contributed by atoms with Gasteiger partial charge in [-0.05, 0) is 18.2 Å². The van der Waals surface area contributed by atoms with Crippen molar-refractivity contribution in [1.82, 2.24) is 0 Å². The zero-order valence-electron chi connectivity index (χ0n) is 7.78. The molecule has 0 heterocycles. The number of anilines is 1. The van der Waals surface area contributed by atoms with Crippen LogP contribution in [0.2, 0.25) is 0 Å². The van der Waals surface area contributed by atoms with Gasteiger partial charge in [0.1, 0.15) is 0 Å². The van der Waals surface area contributed by atoms with Gasteiger partial charge in [0.2, 0.25) is 0 Å². The van der Waals surface area contributed by atoms with Crippen LogP contribution in [0.3, 0.4) is 0 Å². The molecule has 3 heteroatoms. The van der Waals surface area contributed by atoms with E-state index in [-0.39, 0.29) is 0 Å². The molecule has 3 N–H and O–H groups in total. The quantitative estimate of drug-likeness (QED) is 0.430. The summed E-state index contributed by atoms with van der Waals surface area (Å²) in [4.78, 5) is 0.907. The molecule has 0 fully saturated rings. The number of aliphatic hydroxyl groups excluding tert-OH is 1. The molecule has 0 radical (unpaired) electrons. The highest BCUT2D eigenvalue weighted by atomic mass is 32.1. The lowest BCUT2D eigenvalue weighted by Crippen LogP contribution is -1.81. The standard InChI is InChI=1S/C6H7NS.C2H6.CH4O/c7-5-2-1-3-6(8)4-5;2*1-2/h1-4,8H,7H2;1-2H3;2H,1H3. The van der Waals surface area contributed by atoms with E-state index in [2.05, 4.69) is 12.6 Å². The number of rotatable bonds is 0. The maximum absolute atomic E-state index is 7.00. The van der Waals surface area contributed by atoms with Gasteiger partial charge in [-0.3, -0.25) is 0 Å². The summed E-state index contributed by atoms with van der Waals surface area (Å²) in [7, 11) is 1.00. The van der Waals surface area contributed by atoms with Gasteiger partial charge < -0.3 is 10.8 Å². The molecule has 0 aliphatic rings. The van der Waals surface area contributed by atoms with Gasteiger partial charge in [0.25, 0.3) is 0 Å². The molecule has 12 heavy (non-hydrogen) atoms. The number of hydrogen-bond acceptors (Lipinski definition) is 3. The van der Waals surface area contributed by atoms with Crippen LogP contribution in [0.25, 0.3) is 0 Å². The van der Waals surface area contributed by atoms with Gasteiger partial charge in [-0.2, -0.15) is 0 Å². The first-order chi connectivity index (χ1) is 5.79. The maximum atomic E-state index is 7.00. The summed E-state index contributed by atoms with van der Waals surface area (Å²) >= 11 is 4.07. The Morgan fingerprint density at radius 3 is 2.00 bits per heavy atom. The molecule has 0 amide bonds. The van der Waals surface area contributed by atoms with Crippen LogP contribution in [0.4, 0.5) is 5.69 Å². The molecule has 0 spiro atoms. The fourth-order valence-corrected chi connectivity index (χ4v) is 0.760. The van der Waals surface area contributed by atoms with Gasteiger partial charge in [-0.25, -0.2) is 0 Å². The van der Waals surface area contributed by atoms with Crippen LogP contribution in [0.5, 0.6) is 0 Å². The third-order valence-electron chi connectivity index (χ3n) is 0.870. The Bertz CT molecular complexity index is 174. The average Bonchev–Trinajstić information content (AvgIpc) is 2.11. The van der Waals surface area contributed by atoms with Crippen LogP contribution in [0, 0.1) is 0 Å². The lowest BCUT2D eigenvalue weighted by atomic mass is 10.3. The first-order valence-corrected chi connectivity index (χ1v) is 4.23. The van der Waals surface area contributed by atoms with Crippen molar-refractivity contribution in [3.8, 4) is 0 Å². The summed E-state index contributed by atoms with van der Waals surface area (Å²) in [6.07, 6.45) is 0. The predicted molar refractivity (Wildman–Crippen MR) is 57.6 cm³/mol.